The molecule has 1 aliphatic rings. The Morgan fingerprint density at radius 3 is 1.90 bits per heavy atom. The molecule has 0 radical (unpaired) electrons. The average Bonchev–Trinajstić information content (AvgIpc) is 2.86. The van der Waals surface area contributed by atoms with Crippen molar-refractivity contribution in [3.8, 4) is 0 Å². The van der Waals surface area contributed by atoms with Gasteiger partial charge in [-0.2, -0.15) is 0 Å². The first-order valence-electron chi connectivity index (χ1n) is 7.52. The molecule has 0 saturated carbocycles. The quantitative estimate of drug-likeness (QED) is 0.799. The third-order valence-corrected chi connectivity index (χ3v) is 4.71. The van der Waals surface area contributed by atoms with Crippen molar-refractivity contribution in [3.05, 3.63) is 71.8 Å². The van der Waals surface area contributed by atoms with Gasteiger partial charge in [-0.15, -0.1) is 0 Å². The van der Waals surface area contributed by atoms with E-state index in [0.29, 0.717) is 5.92 Å². The molecule has 3 rings (SSSR count). The summed E-state index contributed by atoms with van der Waals surface area (Å²) < 4.78 is 6.14. The van der Waals surface area contributed by atoms with Crippen LogP contribution in [-0.4, -0.2) is 12.7 Å². The maximum Gasteiger partial charge on any atom is 0.0713 e. The molecule has 0 amide bonds. The lowest BCUT2D eigenvalue weighted by Gasteiger charge is -2.38. The maximum absolute atomic E-state index is 6.14. The fourth-order valence-electron chi connectivity index (χ4n) is 3.82. The van der Waals surface area contributed by atoms with Crippen LogP contribution >= 0.6 is 0 Å². The second kappa shape index (κ2) is 5.41. The Bertz CT molecular complexity index is 507. The van der Waals surface area contributed by atoms with E-state index < -0.39 is 0 Å². The van der Waals surface area contributed by atoms with Crippen molar-refractivity contribution in [2.24, 2.45) is 5.92 Å². The van der Waals surface area contributed by atoms with E-state index in [1.54, 1.807) is 0 Å². The van der Waals surface area contributed by atoms with Crippen molar-refractivity contribution < 1.29 is 4.74 Å². The van der Waals surface area contributed by atoms with Crippen molar-refractivity contribution in [1.29, 1.82) is 0 Å². The van der Waals surface area contributed by atoms with Gasteiger partial charge < -0.3 is 4.74 Å². The van der Waals surface area contributed by atoms with Crippen LogP contribution in [0.5, 0.6) is 0 Å². The highest BCUT2D eigenvalue weighted by atomic mass is 16.5. The molecule has 1 heteroatoms. The SMILES string of the molecule is CC[C@@H]1OC[C@H](C)C1(c1ccccc1)c1ccccc1. The molecule has 1 nitrogen and oxygen atoms in total. The predicted octanol–water partition coefficient (Wildman–Crippen LogP) is 4.42. The largest absolute Gasteiger partial charge is 0.377 e. The van der Waals surface area contributed by atoms with Gasteiger partial charge in [-0.1, -0.05) is 74.5 Å². The molecule has 0 spiro atoms. The highest BCUT2D eigenvalue weighted by Crippen LogP contribution is 2.48. The van der Waals surface area contributed by atoms with Gasteiger partial charge in [0.1, 0.15) is 0 Å². The first-order chi connectivity index (χ1) is 9.80. The number of rotatable bonds is 3. The Labute approximate surface area is 121 Å². The van der Waals surface area contributed by atoms with Crippen LogP contribution in [0, 0.1) is 5.92 Å². The summed E-state index contributed by atoms with van der Waals surface area (Å²) >= 11 is 0. The van der Waals surface area contributed by atoms with E-state index >= 15 is 0 Å². The number of hydrogen-bond donors (Lipinski definition) is 0. The van der Waals surface area contributed by atoms with Crippen LogP contribution in [0.15, 0.2) is 60.7 Å². The third-order valence-electron chi connectivity index (χ3n) is 4.71. The minimum Gasteiger partial charge on any atom is -0.377 e. The van der Waals surface area contributed by atoms with Gasteiger partial charge in [0.15, 0.2) is 0 Å². The van der Waals surface area contributed by atoms with Crippen molar-refractivity contribution in [2.45, 2.75) is 31.8 Å². The van der Waals surface area contributed by atoms with E-state index in [-0.39, 0.29) is 11.5 Å². The molecular formula is C19H22O. The second-order valence-electron chi connectivity index (χ2n) is 5.73. The van der Waals surface area contributed by atoms with Crippen molar-refractivity contribution >= 4 is 0 Å². The lowest BCUT2D eigenvalue weighted by atomic mass is 9.64. The zero-order valence-corrected chi connectivity index (χ0v) is 12.3. The highest BCUT2D eigenvalue weighted by Gasteiger charge is 2.50. The van der Waals surface area contributed by atoms with Crippen LogP contribution in [0.2, 0.25) is 0 Å². The lowest BCUT2D eigenvalue weighted by Crippen LogP contribution is -2.41. The highest BCUT2D eigenvalue weighted by molar-refractivity contribution is 5.43. The molecule has 0 bridgehead atoms. The predicted molar refractivity (Wildman–Crippen MR) is 82.9 cm³/mol. The van der Waals surface area contributed by atoms with E-state index in [2.05, 4.69) is 74.5 Å². The summed E-state index contributed by atoms with van der Waals surface area (Å²) in [7, 11) is 0. The zero-order valence-electron chi connectivity index (χ0n) is 12.3. The first-order valence-corrected chi connectivity index (χ1v) is 7.52. The molecule has 1 heterocycles. The molecule has 104 valence electrons. The van der Waals surface area contributed by atoms with Gasteiger partial charge in [0.05, 0.1) is 18.1 Å². The fraction of sp³-hybridized carbons (Fsp3) is 0.368. The van der Waals surface area contributed by atoms with Crippen LogP contribution in [0.25, 0.3) is 0 Å². The van der Waals surface area contributed by atoms with Crippen molar-refractivity contribution in [3.63, 3.8) is 0 Å². The number of benzene rings is 2. The first kappa shape index (κ1) is 13.4. The van der Waals surface area contributed by atoms with Gasteiger partial charge in [-0.3, -0.25) is 0 Å². The van der Waals surface area contributed by atoms with E-state index in [9.17, 15) is 0 Å². The lowest BCUT2D eigenvalue weighted by molar-refractivity contribution is 0.0848. The van der Waals surface area contributed by atoms with E-state index in [1.165, 1.54) is 11.1 Å². The summed E-state index contributed by atoms with van der Waals surface area (Å²) in [5.74, 6) is 0.484. The van der Waals surface area contributed by atoms with Gasteiger partial charge in [0.25, 0.3) is 0 Å². The van der Waals surface area contributed by atoms with Gasteiger partial charge in [-0.05, 0) is 23.5 Å². The van der Waals surface area contributed by atoms with Crippen LogP contribution in [0.4, 0.5) is 0 Å². The van der Waals surface area contributed by atoms with Crippen molar-refractivity contribution in [1.82, 2.24) is 0 Å². The standard InChI is InChI=1S/C19H22O/c1-3-18-19(15(2)14-20-18,16-10-6-4-7-11-16)17-12-8-5-9-13-17/h4-13,15,18H,3,14H2,1-2H3/t15-,18-/m0/s1. The molecule has 1 aliphatic heterocycles. The van der Waals surface area contributed by atoms with E-state index in [0.717, 1.165) is 13.0 Å². The topological polar surface area (TPSA) is 9.23 Å². The normalized spacial score (nSPS) is 24.7. The summed E-state index contributed by atoms with van der Waals surface area (Å²) in [6, 6.07) is 21.7. The van der Waals surface area contributed by atoms with Gasteiger partial charge in [0.2, 0.25) is 0 Å². The fourth-order valence-corrected chi connectivity index (χ4v) is 3.82. The van der Waals surface area contributed by atoms with Crippen LogP contribution in [0.3, 0.4) is 0 Å². The minimum atomic E-state index is -0.0166. The van der Waals surface area contributed by atoms with Crippen LogP contribution in [0.1, 0.15) is 31.4 Å². The van der Waals surface area contributed by atoms with Gasteiger partial charge in [0, 0.05) is 0 Å². The zero-order chi connectivity index (χ0) is 14.0. The monoisotopic (exact) mass is 266 g/mol. The molecule has 2 atom stereocenters. The molecule has 1 fully saturated rings. The van der Waals surface area contributed by atoms with Crippen LogP contribution < -0.4 is 0 Å². The Morgan fingerprint density at radius 2 is 1.45 bits per heavy atom. The molecule has 20 heavy (non-hydrogen) atoms. The van der Waals surface area contributed by atoms with Crippen LogP contribution in [-0.2, 0) is 10.2 Å². The molecule has 0 unspecified atom stereocenters. The Morgan fingerprint density at radius 1 is 0.950 bits per heavy atom. The smallest absolute Gasteiger partial charge is 0.0713 e. The molecular weight excluding hydrogens is 244 g/mol. The molecule has 0 N–H and O–H groups in total. The maximum atomic E-state index is 6.14. The molecule has 2 aromatic rings. The molecule has 0 aromatic heterocycles. The molecule has 2 aromatic carbocycles. The Kier molecular flexibility index (Phi) is 3.62. The summed E-state index contributed by atoms with van der Waals surface area (Å²) in [5.41, 5.74) is 2.74. The Balaban J connectivity index is 2.23. The summed E-state index contributed by atoms with van der Waals surface area (Å²) in [6.07, 6.45) is 1.29. The molecule has 1 saturated heterocycles. The Hall–Kier alpha value is -1.60. The average molecular weight is 266 g/mol. The summed E-state index contributed by atoms with van der Waals surface area (Å²) in [5, 5.41) is 0. The number of ether oxygens (including phenoxy) is 1. The van der Waals surface area contributed by atoms with Gasteiger partial charge in [-0.25, -0.2) is 0 Å². The van der Waals surface area contributed by atoms with Crippen molar-refractivity contribution in [2.75, 3.05) is 6.61 Å². The summed E-state index contributed by atoms with van der Waals surface area (Å²) in [4.78, 5) is 0. The summed E-state index contributed by atoms with van der Waals surface area (Å²) in [6.45, 7) is 5.38. The minimum absolute atomic E-state index is 0.0166. The van der Waals surface area contributed by atoms with E-state index in [1.807, 2.05) is 0 Å². The second-order valence-corrected chi connectivity index (χ2v) is 5.73. The number of hydrogen-bond acceptors (Lipinski definition) is 1. The third kappa shape index (κ3) is 1.89. The van der Waals surface area contributed by atoms with E-state index in [4.69, 9.17) is 4.74 Å². The van der Waals surface area contributed by atoms with Gasteiger partial charge >= 0.3 is 0 Å². The molecule has 0 aliphatic carbocycles.